The van der Waals surface area contributed by atoms with Gasteiger partial charge in [-0.2, -0.15) is 5.10 Å². The fourth-order valence-corrected chi connectivity index (χ4v) is 5.53. The Labute approximate surface area is 251 Å². The Bertz CT molecular complexity index is 1750. The molecule has 2 amide bonds. The predicted octanol–water partition coefficient (Wildman–Crippen LogP) is 4.61. The van der Waals surface area contributed by atoms with E-state index in [1.807, 2.05) is 0 Å². The van der Waals surface area contributed by atoms with Gasteiger partial charge >= 0.3 is 0 Å². The van der Waals surface area contributed by atoms with E-state index in [2.05, 4.69) is 15.8 Å². The molecule has 43 heavy (non-hydrogen) atoms. The van der Waals surface area contributed by atoms with Crippen LogP contribution in [-0.2, 0) is 19.6 Å². The summed E-state index contributed by atoms with van der Waals surface area (Å²) in [5.41, 5.74) is 2.91. The minimum atomic E-state index is -4.51. The van der Waals surface area contributed by atoms with Gasteiger partial charge in [0.1, 0.15) is 12.3 Å². The number of nitrogens with zero attached hydrogens (tertiary/aromatic N) is 3. The number of carbonyl (C=O) groups excluding carboxylic acids is 2. The summed E-state index contributed by atoms with van der Waals surface area (Å²) in [4.78, 5) is 35.0. The van der Waals surface area contributed by atoms with Crippen LogP contribution in [0.15, 0.2) is 113 Å². The number of anilines is 2. The second kappa shape index (κ2) is 14.1. The first-order valence-corrected chi connectivity index (χ1v) is 14.4. The van der Waals surface area contributed by atoms with Gasteiger partial charge in [-0.05, 0) is 66.2 Å². The highest BCUT2D eigenvalue weighted by Gasteiger charge is 2.33. The molecule has 0 aliphatic rings. The van der Waals surface area contributed by atoms with Gasteiger partial charge in [0.05, 0.1) is 16.8 Å². The number of halogens is 1. The van der Waals surface area contributed by atoms with Crippen molar-refractivity contribution in [3.63, 3.8) is 0 Å². The minimum Gasteiger partial charge on any atom is -0.484 e. The van der Waals surface area contributed by atoms with E-state index in [1.54, 1.807) is 66.7 Å². The monoisotopic (exact) mass is 621 g/mol. The van der Waals surface area contributed by atoms with Crippen molar-refractivity contribution in [3.05, 3.63) is 124 Å². The van der Waals surface area contributed by atoms with Gasteiger partial charge in [0.2, 0.25) is 0 Å². The van der Waals surface area contributed by atoms with Crippen molar-refractivity contribution in [1.82, 2.24) is 5.43 Å². The second-order valence-corrected chi connectivity index (χ2v) is 11.0. The highest BCUT2D eigenvalue weighted by atomic mass is 35.5. The summed E-state index contributed by atoms with van der Waals surface area (Å²) in [7, 11) is -4.51. The highest BCUT2D eigenvalue weighted by Crippen LogP contribution is 2.29. The first kappa shape index (κ1) is 30.7. The third-order valence-electron chi connectivity index (χ3n) is 5.72. The number of nitro groups is 1. The summed E-state index contributed by atoms with van der Waals surface area (Å²) < 4.78 is 33.2. The van der Waals surface area contributed by atoms with Crippen LogP contribution in [0.25, 0.3) is 0 Å². The zero-order valence-electron chi connectivity index (χ0n) is 22.3. The number of hydrazone groups is 1. The van der Waals surface area contributed by atoms with E-state index in [9.17, 15) is 28.1 Å². The molecule has 2 N–H and O–H groups in total. The first-order valence-electron chi connectivity index (χ1n) is 12.5. The smallest absolute Gasteiger partial charge is 0.289 e. The summed E-state index contributed by atoms with van der Waals surface area (Å²) in [6.07, 6.45) is 1.33. The Kier molecular flexibility index (Phi) is 10.0. The van der Waals surface area contributed by atoms with Crippen molar-refractivity contribution in [1.29, 1.82) is 0 Å². The van der Waals surface area contributed by atoms with Crippen LogP contribution in [0.5, 0.6) is 5.75 Å². The number of amides is 2. The fourth-order valence-electron chi connectivity index (χ4n) is 3.76. The number of rotatable bonds is 12. The van der Waals surface area contributed by atoms with Gasteiger partial charge in [0, 0.05) is 16.8 Å². The van der Waals surface area contributed by atoms with Crippen molar-refractivity contribution in [2.75, 3.05) is 22.8 Å². The largest absolute Gasteiger partial charge is 0.484 e. The normalized spacial score (nSPS) is 11.1. The molecule has 0 saturated carbocycles. The number of nitrogens with one attached hydrogen (secondary N) is 2. The summed E-state index contributed by atoms with van der Waals surface area (Å²) in [6.45, 7) is -0.928. The lowest BCUT2D eigenvalue weighted by Gasteiger charge is -2.23. The molecular formula is C29H24ClN5O7S. The van der Waals surface area contributed by atoms with E-state index in [0.29, 0.717) is 22.0 Å². The lowest BCUT2D eigenvalue weighted by molar-refractivity contribution is -0.387. The molecule has 4 aromatic rings. The number of benzene rings is 4. The third kappa shape index (κ3) is 8.38. The van der Waals surface area contributed by atoms with Crippen molar-refractivity contribution in [3.8, 4) is 5.75 Å². The van der Waals surface area contributed by atoms with Crippen molar-refractivity contribution >= 4 is 56.7 Å². The Morgan fingerprint density at radius 2 is 1.63 bits per heavy atom. The van der Waals surface area contributed by atoms with E-state index in [0.717, 1.165) is 16.4 Å². The SMILES string of the molecule is O=C(CN(c1ccccc1)S(=O)(=O)c1ccccc1[N+](=O)[O-])N/N=C\c1ccc(OCC(=O)Nc2cccc(Cl)c2)cc1. The molecule has 0 bridgehead atoms. The number of para-hydroxylation sites is 2. The Morgan fingerprint density at radius 1 is 0.930 bits per heavy atom. The van der Waals surface area contributed by atoms with Gasteiger partial charge in [-0.1, -0.05) is 48.0 Å². The quantitative estimate of drug-likeness (QED) is 0.133. The maximum Gasteiger partial charge on any atom is 0.289 e. The van der Waals surface area contributed by atoms with Crippen LogP contribution in [0, 0.1) is 10.1 Å². The van der Waals surface area contributed by atoms with Crippen LogP contribution >= 0.6 is 11.6 Å². The molecule has 220 valence electrons. The molecule has 12 nitrogen and oxygen atoms in total. The van der Waals surface area contributed by atoms with Crippen LogP contribution in [0.3, 0.4) is 0 Å². The zero-order chi connectivity index (χ0) is 30.8. The number of hydrogen-bond acceptors (Lipinski definition) is 8. The lowest BCUT2D eigenvalue weighted by atomic mass is 10.2. The molecule has 4 aromatic carbocycles. The Morgan fingerprint density at radius 3 is 2.33 bits per heavy atom. The van der Waals surface area contributed by atoms with Gasteiger partial charge < -0.3 is 10.1 Å². The number of carbonyl (C=O) groups is 2. The van der Waals surface area contributed by atoms with Crippen LogP contribution in [0.1, 0.15) is 5.56 Å². The fraction of sp³-hybridized carbons (Fsp3) is 0.0690. The first-order chi connectivity index (χ1) is 20.6. The standard InChI is InChI=1S/C29H24ClN5O7S/c30-22-7-6-8-23(17-22)32-29(37)20-42-25-15-13-21(14-16-25)18-31-33-28(36)19-34(24-9-2-1-3-10-24)43(40,41)27-12-5-4-11-26(27)35(38)39/h1-18H,19-20H2,(H,32,37)(H,33,36)/b31-18-. The molecule has 0 fully saturated rings. The molecule has 0 heterocycles. The van der Waals surface area contributed by atoms with Crippen molar-refractivity contribution in [2.45, 2.75) is 4.90 Å². The maximum atomic E-state index is 13.5. The molecular weight excluding hydrogens is 598 g/mol. The Hall–Kier alpha value is -5.27. The summed E-state index contributed by atoms with van der Waals surface area (Å²) in [5, 5.41) is 18.5. The van der Waals surface area contributed by atoms with E-state index >= 15 is 0 Å². The number of hydrogen-bond donors (Lipinski definition) is 2. The maximum absolute atomic E-state index is 13.5. The number of ether oxygens (including phenoxy) is 1. The third-order valence-corrected chi connectivity index (χ3v) is 7.78. The molecule has 0 aromatic heterocycles. The van der Waals surface area contributed by atoms with Crippen LogP contribution in [-0.4, -0.2) is 44.5 Å². The van der Waals surface area contributed by atoms with Crippen LogP contribution in [0.4, 0.5) is 17.1 Å². The number of nitro benzene ring substituents is 1. The predicted molar refractivity (Wildman–Crippen MR) is 162 cm³/mol. The van der Waals surface area contributed by atoms with Gasteiger partial charge in [0.15, 0.2) is 11.5 Å². The molecule has 0 radical (unpaired) electrons. The van der Waals surface area contributed by atoms with E-state index in [4.69, 9.17) is 16.3 Å². The molecule has 0 spiro atoms. The average molecular weight is 622 g/mol. The van der Waals surface area contributed by atoms with Gasteiger partial charge in [-0.15, -0.1) is 0 Å². The van der Waals surface area contributed by atoms with Crippen LogP contribution in [0.2, 0.25) is 5.02 Å². The van der Waals surface area contributed by atoms with Gasteiger partial charge in [0.25, 0.3) is 27.5 Å². The van der Waals surface area contributed by atoms with Crippen LogP contribution < -0.4 is 19.8 Å². The summed E-state index contributed by atoms with van der Waals surface area (Å²) >= 11 is 5.91. The average Bonchev–Trinajstić information content (AvgIpc) is 3.00. The molecule has 4 rings (SSSR count). The zero-order valence-corrected chi connectivity index (χ0v) is 23.9. The molecule has 0 aliphatic heterocycles. The molecule has 0 unspecified atom stereocenters. The van der Waals surface area contributed by atoms with Crippen molar-refractivity contribution < 1.29 is 27.7 Å². The van der Waals surface area contributed by atoms with E-state index < -0.39 is 38.0 Å². The summed E-state index contributed by atoms with van der Waals surface area (Å²) in [5.74, 6) is -0.738. The van der Waals surface area contributed by atoms with Crippen molar-refractivity contribution in [2.24, 2.45) is 5.10 Å². The summed E-state index contributed by atoms with van der Waals surface area (Å²) in [6, 6.07) is 25.8. The van der Waals surface area contributed by atoms with E-state index in [1.165, 1.54) is 30.5 Å². The lowest BCUT2D eigenvalue weighted by Crippen LogP contribution is -2.39. The minimum absolute atomic E-state index is 0.136. The highest BCUT2D eigenvalue weighted by molar-refractivity contribution is 7.93. The Balaban J connectivity index is 1.37. The molecule has 0 saturated heterocycles. The van der Waals surface area contributed by atoms with Gasteiger partial charge in [-0.3, -0.25) is 24.0 Å². The molecule has 0 aliphatic carbocycles. The van der Waals surface area contributed by atoms with Gasteiger partial charge in [-0.25, -0.2) is 13.8 Å². The topological polar surface area (TPSA) is 160 Å². The molecule has 14 heteroatoms. The van der Waals surface area contributed by atoms with E-state index in [-0.39, 0.29) is 18.2 Å². The second-order valence-electron chi connectivity index (χ2n) is 8.78. The molecule has 0 atom stereocenters. The number of sulfonamides is 1.